The van der Waals surface area contributed by atoms with Gasteiger partial charge < -0.3 is 5.32 Å². The maximum Gasteiger partial charge on any atom is 0.246 e. The summed E-state index contributed by atoms with van der Waals surface area (Å²) in [5.74, 6) is 1.13. The molecular weight excluding hydrogens is 360 g/mol. The number of rotatable bonds is 5. The fraction of sp³-hybridized carbons (Fsp3) is 0.125. The number of hydrogen-bond donors (Lipinski definition) is 1. The minimum absolute atomic E-state index is 0.0808. The summed E-state index contributed by atoms with van der Waals surface area (Å²) in [4.78, 5) is 17.5. The lowest BCUT2D eigenvalue weighted by atomic mass is 10.1. The van der Waals surface area contributed by atoms with Crippen molar-refractivity contribution in [3.63, 3.8) is 0 Å². The molecule has 144 valence electrons. The van der Waals surface area contributed by atoms with Crippen LogP contribution in [0.5, 0.6) is 0 Å². The van der Waals surface area contributed by atoms with Gasteiger partial charge in [0.2, 0.25) is 5.91 Å². The Kier molecular flexibility index (Phi) is 5.20. The van der Waals surface area contributed by atoms with Gasteiger partial charge in [-0.1, -0.05) is 72.8 Å². The number of nitrogens with zero attached hydrogens (tertiary/aromatic N) is 3. The van der Waals surface area contributed by atoms with Gasteiger partial charge in [-0.3, -0.25) is 4.79 Å². The van der Waals surface area contributed by atoms with Crippen LogP contribution in [0.3, 0.4) is 0 Å². The Labute approximate surface area is 170 Å². The third-order valence-corrected chi connectivity index (χ3v) is 4.91. The van der Waals surface area contributed by atoms with E-state index in [1.807, 2.05) is 92.7 Å². The van der Waals surface area contributed by atoms with Gasteiger partial charge in [0.05, 0.1) is 0 Å². The van der Waals surface area contributed by atoms with E-state index in [1.165, 1.54) is 0 Å². The quantitative estimate of drug-likeness (QED) is 0.536. The van der Waals surface area contributed by atoms with Crippen molar-refractivity contribution in [3.8, 4) is 22.8 Å². The Bertz CT molecular complexity index is 1130. The largest absolute Gasteiger partial charge is 0.324 e. The van der Waals surface area contributed by atoms with Crippen molar-refractivity contribution in [2.45, 2.75) is 20.4 Å². The normalized spacial score (nSPS) is 10.7. The van der Waals surface area contributed by atoms with Crippen molar-refractivity contribution < 1.29 is 4.79 Å². The molecule has 0 aliphatic rings. The molecule has 1 amide bonds. The number of anilines is 1. The van der Waals surface area contributed by atoms with Crippen molar-refractivity contribution in [2.75, 3.05) is 5.32 Å². The molecule has 4 rings (SSSR count). The number of benzene rings is 3. The van der Waals surface area contributed by atoms with Crippen molar-refractivity contribution in [1.82, 2.24) is 14.8 Å². The van der Waals surface area contributed by atoms with E-state index in [4.69, 9.17) is 4.98 Å². The molecule has 1 aromatic heterocycles. The first kappa shape index (κ1) is 18.6. The fourth-order valence-corrected chi connectivity index (χ4v) is 3.17. The third-order valence-electron chi connectivity index (χ3n) is 4.91. The lowest BCUT2D eigenvalue weighted by Crippen LogP contribution is -2.20. The second kappa shape index (κ2) is 8.10. The van der Waals surface area contributed by atoms with E-state index in [2.05, 4.69) is 10.4 Å². The Hall–Kier alpha value is -3.73. The lowest BCUT2D eigenvalue weighted by molar-refractivity contribution is -0.116. The van der Waals surface area contributed by atoms with E-state index in [0.717, 1.165) is 27.9 Å². The van der Waals surface area contributed by atoms with Crippen LogP contribution < -0.4 is 5.32 Å². The SMILES string of the molecule is Cc1cccc(NC(=O)Cn2nc(-c3ccccc3)nc2-c2ccccc2)c1C. The van der Waals surface area contributed by atoms with Crippen LogP contribution >= 0.6 is 0 Å². The minimum atomic E-state index is -0.139. The van der Waals surface area contributed by atoms with Gasteiger partial charge in [0.15, 0.2) is 11.6 Å². The molecule has 0 aliphatic carbocycles. The van der Waals surface area contributed by atoms with Crippen LogP contribution in [-0.2, 0) is 11.3 Å². The summed E-state index contributed by atoms with van der Waals surface area (Å²) in [5, 5.41) is 7.62. The first-order chi connectivity index (χ1) is 14.1. The van der Waals surface area contributed by atoms with Crippen molar-refractivity contribution in [2.24, 2.45) is 0 Å². The molecule has 4 aromatic rings. The van der Waals surface area contributed by atoms with E-state index >= 15 is 0 Å². The van der Waals surface area contributed by atoms with E-state index in [-0.39, 0.29) is 12.5 Å². The van der Waals surface area contributed by atoms with Gasteiger partial charge in [0, 0.05) is 16.8 Å². The molecule has 0 bridgehead atoms. The molecule has 5 nitrogen and oxygen atoms in total. The number of aryl methyl sites for hydroxylation is 1. The topological polar surface area (TPSA) is 59.8 Å². The predicted molar refractivity (Wildman–Crippen MR) is 115 cm³/mol. The van der Waals surface area contributed by atoms with Gasteiger partial charge in [0.1, 0.15) is 6.54 Å². The van der Waals surface area contributed by atoms with Crippen LogP contribution in [0.1, 0.15) is 11.1 Å². The smallest absolute Gasteiger partial charge is 0.246 e. The van der Waals surface area contributed by atoms with Gasteiger partial charge in [-0.25, -0.2) is 9.67 Å². The van der Waals surface area contributed by atoms with Crippen LogP contribution in [0.2, 0.25) is 0 Å². The highest BCUT2D eigenvalue weighted by Gasteiger charge is 2.16. The number of aromatic nitrogens is 3. The molecule has 5 heteroatoms. The van der Waals surface area contributed by atoms with E-state index < -0.39 is 0 Å². The molecule has 0 atom stereocenters. The van der Waals surface area contributed by atoms with Gasteiger partial charge in [0.25, 0.3) is 0 Å². The minimum Gasteiger partial charge on any atom is -0.324 e. The molecule has 0 spiro atoms. The number of carbonyl (C=O) groups is 1. The molecule has 1 N–H and O–H groups in total. The summed E-state index contributed by atoms with van der Waals surface area (Å²) in [6.45, 7) is 4.11. The molecule has 0 saturated heterocycles. The van der Waals surface area contributed by atoms with Crippen LogP contribution in [0, 0.1) is 13.8 Å². The molecule has 3 aromatic carbocycles. The molecule has 0 radical (unpaired) electrons. The van der Waals surface area contributed by atoms with Crippen molar-refractivity contribution >= 4 is 11.6 Å². The zero-order chi connectivity index (χ0) is 20.2. The number of carbonyl (C=O) groups excluding carboxylic acids is 1. The summed E-state index contributed by atoms with van der Waals surface area (Å²) in [6, 6.07) is 25.5. The molecule has 1 heterocycles. The fourth-order valence-electron chi connectivity index (χ4n) is 3.17. The summed E-state index contributed by atoms with van der Waals surface area (Å²) in [6.07, 6.45) is 0. The zero-order valence-corrected chi connectivity index (χ0v) is 16.5. The lowest BCUT2D eigenvalue weighted by Gasteiger charge is -2.11. The number of hydrogen-bond acceptors (Lipinski definition) is 3. The zero-order valence-electron chi connectivity index (χ0n) is 16.5. The summed E-state index contributed by atoms with van der Waals surface area (Å²) >= 11 is 0. The van der Waals surface area contributed by atoms with Crippen LogP contribution in [0.15, 0.2) is 78.9 Å². The Morgan fingerprint density at radius 1 is 0.862 bits per heavy atom. The monoisotopic (exact) mass is 382 g/mol. The van der Waals surface area contributed by atoms with Crippen molar-refractivity contribution in [3.05, 3.63) is 90.0 Å². The molecule has 0 fully saturated rings. The summed E-state index contributed by atoms with van der Waals surface area (Å²) in [7, 11) is 0. The second-order valence-corrected chi connectivity index (χ2v) is 6.94. The highest BCUT2D eigenvalue weighted by Crippen LogP contribution is 2.23. The first-order valence-corrected chi connectivity index (χ1v) is 9.53. The second-order valence-electron chi connectivity index (χ2n) is 6.94. The van der Waals surface area contributed by atoms with Gasteiger partial charge in [-0.2, -0.15) is 0 Å². The predicted octanol–water partition coefficient (Wildman–Crippen LogP) is 4.87. The third kappa shape index (κ3) is 4.09. The molecule has 0 aliphatic heterocycles. The number of nitrogens with one attached hydrogen (secondary N) is 1. The summed E-state index contributed by atoms with van der Waals surface area (Å²) < 4.78 is 1.66. The van der Waals surface area contributed by atoms with Crippen molar-refractivity contribution in [1.29, 1.82) is 0 Å². The average molecular weight is 382 g/mol. The molecule has 29 heavy (non-hydrogen) atoms. The number of amides is 1. The maximum atomic E-state index is 12.8. The van der Waals surface area contributed by atoms with E-state index in [9.17, 15) is 4.79 Å². The molecular formula is C24H22N4O. The van der Waals surface area contributed by atoms with Gasteiger partial charge >= 0.3 is 0 Å². The van der Waals surface area contributed by atoms with Gasteiger partial charge in [-0.05, 0) is 31.0 Å². The van der Waals surface area contributed by atoms with Crippen LogP contribution in [0.25, 0.3) is 22.8 Å². The molecule has 0 unspecified atom stereocenters. The van der Waals surface area contributed by atoms with Gasteiger partial charge in [-0.15, -0.1) is 5.10 Å². The highest BCUT2D eigenvalue weighted by atomic mass is 16.2. The Morgan fingerprint density at radius 2 is 1.52 bits per heavy atom. The van der Waals surface area contributed by atoms with E-state index in [0.29, 0.717) is 11.6 Å². The average Bonchev–Trinajstić information content (AvgIpc) is 3.16. The summed E-state index contributed by atoms with van der Waals surface area (Å²) in [5.41, 5.74) is 4.85. The standard InChI is InChI=1S/C24H22N4O/c1-17-10-9-15-21(18(17)2)25-22(29)16-28-24(20-13-7-4-8-14-20)26-23(27-28)19-11-5-3-6-12-19/h3-15H,16H2,1-2H3,(H,25,29). The Morgan fingerprint density at radius 3 is 2.21 bits per heavy atom. The van der Waals surface area contributed by atoms with E-state index in [1.54, 1.807) is 4.68 Å². The van der Waals surface area contributed by atoms with Crippen LogP contribution in [0.4, 0.5) is 5.69 Å². The van der Waals surface area contributed by atoms with Crippen LogP contribution in [-0.4, -0.2) is 20.7 Å². The Balaban J connectivity index is 1.66. The molecule has 0 saturated carbocycles. The first-order valence-electron chi connectivity index (χ1n) is 9.53. The highest BCUT2D eigenvalue weighted by molar-refractivity contribution is 5.91. The maximum absolute atomic E-state index is 12.8.